The van der Waals surface area contributed by atoms with Crippen molar-refractivity contribution >= 4 is 0 Å². The van der Waals surface area contributed by atoms with Gasteiger partial charge >= 0.3 is 0 Å². The Labute approximate surface area is 110 Å². The summed E-state index contributed by atoms with van der Waals surface area (Å²) >= 11 is 0. The van der Waals surface area contributed by atoms with Gasteiger partial charge in [-0.3, -0.25) is 4.90 Å². The predicted octanol–water partition coefficient (Wildman–Crippen LogP) is 2.40. The molecule has 0 saturated heterocycles. The van der Waals surface area contributed by atoms with E-state index in [1.165, 1.54) is 31.4 Å². The maximum atomic E-state index is 5.77. The molecule has 0 unspecified atom stereocenters. The van der Waals surface area contributed by atoms with E-state index in [1.807, 2.05) is 6.07 Å². The van der Waals surface area contributed by atoms with E-state index in [0.717, 1.165) is 38.4 Å². The van der Waals surface area contributed by atoms with Crippen LogP contribution in [-0.4, -0.2) is 31.1 Å². The summed E-state index contributed by atoms with van der Waals surface area (Å²) in [5, 5.41) is 0. The fraction of sp³-hybridized carbons (Fsp3) is 0.600. The van der Waals surface area contributed by atoms with E-state index in [9.17, 15) is 0 Å². The Morgan fingerprint density at radius 1 is 1.11 bits per heavy atom. The van der Waals surface area contributed by atoms with Gasteiger partial charge in [-0.2, -0.15) is 0 Å². The maximum absolute atomic E-state index is 5.77. The maximum Gasteiger partial charge on any atom is 0.123 e. The van der Waals surface area contributed by atoms with Crippen LogP contribution in [0.15, 0.2) is 24.3 Å². The highest BCUT2D eigenvalue weighted by atomic mass is 16.5. The molecule has 18 heavy (non-hydrogen) atoms. The minimum absolute atomic E-state index is 0.805. The Morgan fingerprint density at radius 2 is 1.94 bits per heavy atom. The molecule has 1 aliphatic rings. The molecule has 100 valence electrons. The number of hydrogen-bond acceptors (Lipinski definition) is 3. The van der Waals surface area contributed by atoms with Gasteiger partial charge in [-0.25, -0.2) is 0 Å². The number of benzene rings is 1. The monoisotopic (exact) mass is 248 g/mol. The van der Waals surface area contributed by atoms with Crippen LogP contribution in [0, 0.1) is 0 Å². The fourth-order valence-electron chi connectivity index (χ4n) is 2.40. The first-order valence-corrected chi connectivity index (χ1v) is 7.03. The zero-order valence-electron chi connectivity index (χ0n) is 11.1. The predicted molar refractivity (Wildman–Crippen MR) is 74.7 cm³/mol. The third-order valence-corrected chi connectivity index (χ3v) is 3.46. The van der Waals surface area contributed by atoms with E-state index in [-0.39, 0.29) is 0 Å². The van der Waals surface area contributed by atoms with Crippen molar-refractivity contribution in [3.8, 4) is 5.75 Å². The van der Waals surface area contributed by atoms with E-state index in [4.69, 9.17) is 10.5 Å². The van der Waals surface area contributed by atoms with Gasteiger partial charge in [-0.05, 0) is 32.0 Å². The number of ether oxygens (including phenoxy) is 1. The summed E-state index contributed by atoms with van der Waals surface area (Å²) in [6.07, 6.45) is 4.97. The largest absolute Gasteiger partial charge is 0.492 e. The van der Waals surface area contributed by atoms with Crippen molar-refractivity contribution in [3.05, 3.63) is 29.8 Å². The second kappa shape index (κ2) is 7.39. The first-order valence-electron chi connectivity index (χ1n) is 7.03. The van der Waals surface area contributed by atoms with E-state index in [1.54, 1.807) is 0 Å². The average Bonchev–Trinajstić information content (AvgIpc) is 2.60. The molecule has 1 aromatic carbocycles. The number of fused-ring (bicyclic) bond motifs is 1. The second-order valence-corrected chi connectivity index (χ2v) is 4.94. The summed E-state index contributed by atoms with van der Waals surface area (Å²) in [7, 11) is 0. The molecule has 1 aromatic rings. The molecule has 0 aromatic heterocycles. The van der Waals surface area contributed by atoms with Crippen LogP contribution >= 0.6 is 0 Å². The summed E-state index contributed by atoms with van der Waals surface area (Å²) < 4.78 is 5.77. The van der Waals surface area contributed by atoms with Crippen molar-refractivity contribution in [2.45, 2.75) is 32.2 Å². The van der Waals surface area contributed by atoms with Crippen molar-refractivity contribution in [2.75, 3.05) is 26.2 Å². The van der Waals surface area contributed by atoms with E-state index < -0.39 is 0 Å². The van der Waals surface area contributed by atoms with Crippen LogP contribution in [0.4, 0.5) is 0 Å². The van der Waals surface area contributed by atoms with Gasteiger partial charge < -0.3 is 10.5 Å². The summed E-state index contributed by atoms with van der Waals surface area (Å²) in [5.41, 5.74) is 6.82. The fourth-order valence-corrected chi connectivity index (χ4v) is 2.40. The molecule has 0 amide bonds. The molecule has 0 spiro atoms. The molecule has 1 aliphatic heterocycles. The molecule has 0 saturated carbocycles. The summed E-state index contributed by atoms with van der Waals surface area (Å²) in [6.45, 7) is 4.85. The molecule has 0 fully saturated rings. The van der Waals surface area contributed by atoms with Crippen LogP contribution in [0.3, 0.4) is 0 Å². The SMILES string of the molecule is NCCCCCCN1CCOc2ccccc2C1. The molecule has 0 atom stereocenters. The van der Waals surface area contributed by atoms with E-state index in [2.05, 4.69) is 23.1 Å². The summed E-state index contributed by atoms with van der Waals surface area (Å²) in [4.78, 5) is 2.49. The number of unbranched alkanes of at least 4 members (excludes halogenated alkanes) is 3. The van der Waals surface area contributed by atoms with Gasteiger partial charge in [0.1, 0.15) is 12.4 Å². The summed E-state index contributed by atoms with van der Waals surface area (Å²) in [6, 6.07) is 8.37. The number of rotatable bonds is 6. The number of hydrogen-bond donors (Lipinski definition) is 1. The second-order valence-electron chi connectivity index (χ2n) is 4.94. The van der Waals surface area contributed by atoms with E-state index >= 15 is 0 Å². The number of nitrogens with zero attached hydrogens (tertiary/aromatic N) is 1. The van der Waals surface area contributed by atoms with Crippen LogP contribution in [-0.2, 0) is 6.54 Å². The van der Waals surface area contributed by atoms with Crippen molar-refractivity contribution in [3.63, 3.8) is 0 Å². The van der Waals surface area contributed by atoms with Gasteiger partial charge in [0, 0.05) is 18.7 Å². The van der Waals surface area contributed by atoms with Crippen LogP contribution in [0.5, 0.6) is 5.75 Å². The lowest BCUT2D eigenvalue weighted by molar-refractivity contribution is 0.222. The Kier molecular flexibility index (Phi) is 5.49. The standard InChI is InChI=1S/C15H24N2O/c16-9-5-1-2-6-10-17-11-12-18-15-8-4-3-7-14(15)13-17/h3-4,7-8H,1-2,5-6,9-13,16H2. The van der Waals surface area contributed by atoms with Crippen molar-refractivity contribution in [2.24, 2.45) is 5.73 Å². The molecule has 3 heteroatoms. The first-order chi connectivity index (χ1) is 8.90. The minimum atomic E-state index is 0.805. The molecule has 0 radical (unpaired) electrons. The highest BCUT2D eigenvalue weighted by molar-refractivity contribution is 5.33. The third-order valence-electron chi connectivity index (χ3n) is 3.46. The highest BCUT2D eigenvalue weighted by Gasteiger charge is 2.13. The lowest BCUT2D eigenvalue weighted by Crippen LogP contribution is -2.26. The van der Waals surface area contributed by atoms with E-state index in [0.29, 0.717) is 0 Å². The normalized spacial score (nSPS) is 15.8. The van der Waals surface area contributed by atoms with Crippen LogP contribution < -0.4 is 10.5 Å². The van der Waals surface area contributed by atoms with Crippen molar-refractivity contribution in [1.82, 2.24) is 4.90 Å². The molecule has 3 nitrogen and oxygen atoms in total. The van der Waals surface area contributed by atoms with Gasteiger partial charge in [0.25, 0.3) is 0 Å². The third kappa shape index (κ3) is 4.00. The lowest BCUT2D eigenvalue weighted by Gasteiger charge is -2.18. The summed E-state index contributed by atoms with van der Waals surface area (Å²) in [5.74, 6) is 1.06. The smallest absolute Gasteiger partial charge is 0.123 e. The highest BCUT2D eigenvalue weighted by Crippen LogP contribution is 2.22. The molecule has 0 aliphatic carbocycles. The Balaban J connectivity index is 1.77. The van der Waals surface area contributed by atoms with Crippen molar-refractivity contribution < 1.29 is 4.74 Å². The molecule has 1 heterocycles. The Bertz CT molecular complexity index is 354. The van der Waals surface area contributed by atoms with Gasteiger partial charge in [-0.1, -0.05) is 31.0 Å². The molecular formula is C15H24N2O. The number of para-hydroxylation sites is 1. The zero-order chi connectivity index (χ0) is 12.6. The topological polar surface area (TPSA) is 38.5 Å². The van der Waals surface area contributed by atoms with Crippen LogP contribution in [0.2, 0.25) is 0 Å². The minimum Gasteiger partial charge on any atom is -0.492 e. The Morgan fingerprint density at radius 3 is 2.83 bits per heavy atom. The Hall–Kier alpha value is -1.06. The van der Waals surface area contributed by atoms with Gasteiger partial charge in [0.2, 0.25) is 0 Å². The van der Waals surface area contributed by atoms with Crippen LogP contribution in [0.1, 0.15) is 31.2 Å². The lowest BCUT2D eigenvalue weighted by atomic mass is 10.1. The number of nitrogens with two attached hydrogens (primary N) is 1. The molecular weight excluding hydrogens is 224 g/mol. The van der Waals surface area contributed by atoms with Gasteiger partial charge in [-0.15, -0.1) is 0 Å². The molecule has 2 rings (SSSR count). The van der Waals surface area contributed by atoms with Crippen LogP contribution in [0.25, 0.3) is 0 Å². The van der Waals surface area contributed by atoms with Crippen molar-refractivity contribution in [1.29, 1.82) is 0 Å². The first kappa shape index (κ1) is 13.4. The molecule has 0 bridgehead atoms. The van der Waals surface area contributed by atoms with Gasteiger partial charge in [0.05, 0.1) is 0 Å². The molecule has 2 N–H and O–H groups in total. The average molecular weight is 248 g/mol. The zero-order valence-corrected chi connectivity index (χ0v) is 11.1. The van der Waals surface area contributed by atoms with Gasteiger partial charge in [0.15, 0.2) is 0 Å². The quantitative estimate of drug-likeness (QED) is 0.786.